The van der Waals surface area contributed by atoms with E-state index >= 15 is 0 Å². The SMILES string of the molecule is CCCCCOC(=O)[CH2][Sn]([Br])([Br])[CH2]C(=O)OCCCCC.c1cnc2c(c1)ccc1cccnc12. The largest absolute Gasteiger partial charge is 0.254 e. The van der Waals surface area contributed by atoms with Gasteiger partial charge in [0.2, 0.25) is 0 Å². The van der Waals surface area contributed by atoms with Gasteiger partial charge in [-0.1, -0.05) is 24.3 Å². The summed E-state index contributed by atoms with van der Waals surface area (Å²) in [6.07, 6.45) is 9.72. The van der Waals surface area contributed by atoms with Gasteiger partial charge in [0.15, 0.2) is 0 Å². The standard InChI is InChI=1S/C12H8N2.2C7H13O2.2BrH.Sn/c1-3-9-5-6-10-4-2-8-14-12(10)11(9)13-7-1;2*1-3-4-5-6-9-7(2)8;;;/h1-8H;2*2-6H2,1H3;2*1H;/q;;;;;+2/p-2. The van der Waals surface area contributed by atoms with Crippen molar-refractivity contribution < 1.29 is 19.1 Å². The number of rotatable bonds is 12. The zero-order chi connectivity index (χ0) is 25.5. The first-order chi connectivity index (χ1) is 16.9. The third kappa shape index (κ3) is 11.6. The molecule has 9 heteroatoms. The van der Waals surface area contributed by atoms with Gasteiger partial charge < -0.3 is 0 Å². The summed E-state index contributed by atoms with van der Waals surface area (Å²) in [6.45, 7) is 5.14. The molecule has 0 unspecified atom stereocenters. The van der Waals surface area contributed by atoms with E-state index in [0.717, 1.165) is 60.3 Å². The number of carbonyl (C=O) groups is 2. The number of esters is 2. The van der Waals surface area contributed by atoms with Crippen LogP contribution in [0.2, 0.25) is 8.87 Å². The minimum Gasteiger partial charge on any atom is -0.254 e. The second-order valence-corrected chi connectivity index (χ2v) is 42.7. The van der Waals surface area contributed by atoms with Gasteiger partial charge in [-0.25, -0.2) is 0 Å². The van der Waals surface area contributed by atoms with Crippen molar-refractivity contribution in [2.24, 2.45) is 0 Å². The van der Waals surface area contributed by atoms with Gasteiger partial charge in [0, 0.05) is 23.2 Å². The van der Waals surface area contributed by atoms with Gasteiger partial charge in [0.05, 0.1) is 11.0 Å². The number of benzene rings is 1. The van der Waals surface area contributed by atoms with E-state index in [4.69, 9.17) is 9.47 Å². The third-order valence-corrected chi connectivity index (χ3v) is 17.3. The van der Waals surface area contributed by atoms with Crippen LogP contribution < -0.4 is 0 Å². The van der Waals surface area contributed by atoms with Gasteiger partial charge in [-0.05, 0) is 12.1 Å². The van der Waals surface area contributed by atoms with Crippen LogP contribution in [0.4, 0.5) is 0 Å². The van der Waals surface area contributed by atoms with Crippen LogP contribution in [-0.4, -0.2) is 49.1 Å². The van der Waals surface area contributed by atoms with Gasteiger partial charge in [-0.2, -0.15) is 0 Å². The van der Waals surface area contributed by atoms with Crippen LogP contribution in [0.15, 0.2) is 48.8 Å². The Hall–Kier alpha value is -1.26. The fourth-order valence-corrected chi connectivity index (χ4v) is 12.8. The maximum atomic E-state index is 11.7. The summed E-state index contributed by atoms with van der Waals surface area (Å²) in [7, 11) is 0. The first-order valence-corrected chi connectivity index (χ1v) is 29.0. The fraction of sp³-hybridized carbons (Fsp3) is 0.462. The van der Waals surface area contributed by atoms with Gasteiger partial charge >= 0.3 is 145 Å². The molecule has 2 heterocycles. The molecule has 0 bridgehead atoms. The van der Waals surface area contributed by atoms with Crippen molar-refractivity contribution in [3.8, 4) is 0 Å². The molecular formula is C26H34Br2N2O4Sn. The van der Waals surface area contributed by atoms with Crippen LogP contribution in [0.5, 0.6) is 0 Å². The Balaban J connectivity index is 0.000000263. The van der Waals surface area contributed by atoms with Gasteiger partial charge in [-0.3, -0.25) is 9.97 Å². The maximum absolute atomic E-state index is 11.7. The van der Waals surface area contributed by atoms with E-state index in [1.807, 2.05) is 12.1 Å². The number of ether oxygens (including phenoxy) is 2. The van der Waals surface area contributed by atoms with E-state index < -0.39 is 13.9 Å². The van der Waals surface area contributed by atoms with Crippen LogP contribution in [0, 0.1) is 0 Å². The zero-order valence-corrected chi connectivity index (χ0v) is 26.5. The quantitative estimate of drug-likeness (QED) is 0.0838. The van der Waals surface area contributed by atoms with Crippen molar-refractivity contribution in [1.82, 2.24) is 9.97 Å². The van der Waals surface area contributed by atoms with E-state index in [1.54, 1.807) is 12.4 Å². The molecule has 0 N–H and O–H groups in total. The molecule has 3 rings (SSSR count). The van der Waals surface area contributed by atoms with Crippen LogP contribution >= 0.6 is 25.4 Å². The molecule has 0 amide bonds. The van der Waals surface area contributed by atoms with E-state index in [9.17, 15) is 9.59 Å². The van der Waals surface area contributed by atoms with Crippen molar-refractivity contribution in [2.45, 2.75) is 61.2 Å². The van der Waals surface area contributed by atoms with E-state index in [-0.39, 0.29) is 11.9 Å². The van der Waals surface area contributed by atoms with Crippen molar-refractivity contribution in [1.29, 1.82) is 0 Å². The molecular weight excluding hydrogens is 683 g/mol. The molecule has 0 saturated carbocycles. The number of hydrogen-bond donors (Lipinski definition) is 0. The smallest absolute Gasteiger partial charge is 0.0964 e. The van der Waals surface area contributed by atoms with Crippen molar-refractivity contribution >= 4 is 73.1 Å². The molecule has 0 radical (unpaired) electrons. The second kappa shape index (κ2) is 16.5. The molecule has 0 aliphatic carbocycles. The first kappa shape index (κ1) is 30.0. The zero-order valence-electron chi connectivity index (χ0n) is 20.5. The molecule has 1 aromatic carbocycles. The van der Waals surface area contributed by atoms with Crippen LogP contribution in [0.3, 0.4) is 0 Å². The molecule has 0 atom stereocenters. The summed E-state index contributed by atoms with van der Waals surface area (Å²) in [4.78, 5) is 32.1. The predicted molar refractivity (Wildman–Crippen MR) is 151 cm³/mol. The molecule has 190 valence electrons. The number of fused-ring (bicyclic) bond motifs is 3. The first-order valence-electron chi connectivity index (χ1n) is 12.1. The summed E-state index contributed by atoms with van der Waals surface area (Å²) in [5, 5.41) is 2.28. The maximum Gasteiger partial charge on any atom is 0.0964 e. The number of hydrogen-bond acceptors (Lipinski definition) is 6. The normalized spacial score (nSPS) is 11.1. The number of carbonyl (C=O) groups excluding carboxylic acids is 2. The topological polar surface area (TPSA) is 78.4 Å². The minimum absolute atomic E-state index is 0.227. The van der Waals surface area contributed by atoms with Crippen LogP contribution in [0.1, 0.15) is 52.4 Å². The molecule has 0 aliphatic rings. The number of pyridine rings is 2. The van der Waals surface area contributed by atoms with Crippen molar-refractivity contribution in [2.75, 3.05) is 13.2 Å². The molecule has 2 aromatic heterocycles. The van der Waals surface area contributed by atoms with Gasteiger partial charge in [0.1, 0.15) is 0 Å². The van der Waals surface area contributed by atoms with E-state index in [0.29, 0.717) is 22.1 Å². The molecule has 35 heavy (non-hydrogen) atoms. The van der Waals surface area contributed by atoms with Gasteiger partial charge in [0.25, 0.3) is 0 Å². The number of unbranched alkanes of at least 4 members (excludes halogenated alkanes) is 4. The molecule has 0 aliphatic heterocycles. The number of halogens is 2. The van der Waals surface area contributed by atoms with E-state index in [2.05, 4.69) is 73.5 Å². The third-order valence-electron chi connectivity index (χ3n) is 5.17. The Morgan fingerprint density at radius 3 is 1.57 bits per heavy atom. The van der Waals surface area contributed by atoms with Crippen molar-refractivity contribution in [3.63, 3.8) is 0 Å². The predicted octanol–water partition coefficient (Wildman–Crippen LogP) is 7.47. The van der Waals surface area contributed by atoms with Crippen LogP contribution in [-0.2, 0) is 19.1 Å². The molecule has 0 fully saturated rings. The summed E-state index contributed by atoms with van der Waals surface area (Å²) in [5.74, 6) is -0.455. The van der Waals surface area contributed by atoms with Crippen molar-refractivity contribution in [3.05, 3.63) is 48.8 Å². The Kier molecular flexibility index (Phi) is 14.1. The Morgan fingerprint density at radius 1 is 0.743 bits per heavy atom. The second-order valence-electron chi connectivity index (χ2n) is 8.28. The van der Waals surface area contributed by atoms with E-state index in [1.165, 1.54) is 0 Å². The van der Waals surface area contributed by atoms with Crippen LogP contribution in [0.25, 0.3) is 21.8 Å². The fourth-order valence-electron chi connectivity index (χ4n) is 3.34. The summed E-state index contributed by atoms with van der Waals surface area (Å²) >= 11 is 4.05. The molecule has 6 nitrogen and oxygen atoms in total. The molecule has 3 aromatic rings. The summed E-state index contributed by atoms with van der Waals surface area (Å²) in [6, 6.07) is 12.1. The molecule has 0 spiro atoms. The molecule has 0 saturated heterocycles. The average molecular weight is 717 g/mol. The monoisotopic (exact) mass is 716 g/mol. The Morgan fingerprint density at radius 2 is 1.17 bits per heavy atom. The summed E-state index contributed by atoms with van der Waals surface area (Å²) in [5.41, 5.74) is 1.95. The Bertz CT molecular complexity index is 999. The number of nitrogens with zero attached hydrogens (tertiary/aromatic N) is 2. The minimum atomic E-state index is -3.06. The Labute approximate surface area is 224 Å². The number of aromatic nitrogens is 2. The average Bonchev–Trinajstić information content (AvgIpc) is 2.84. The van der Waals surface area contributed by atoms with Gasteiger partial charge in [-0.15, -0.1) is 0 Å². The summed E-state index contributed by atoms with van der Waals surface area (Å²) < 4.78 is 10.9.